The minimum Gasteiger partial charge on any atom is -0.383 e. The van der Waals surface area contributed by atoms with Gasteiger partial charge in [0.15, 0.2) is 5.78 Å². The van der Waals surface area contributed by atoms with Gasteiger partial charge in [0, 0.05) is 44.8 Å². The summed E-state index contributed by atoms with van der Waals surface area (Å²) in [6.45, 7) is 0. The number of Topliss-reactive ketones (excluding diaryl/α,β-unsaturated/α-hetero) is 1. The van der Waals surface area contributed by atoms with Crippen LogP contribution in [0.2, 0.25) is 0 Å². The van der Waals surface area contributed by atoms with Crippen molar-refractivity contribution >= 4 is 11.7 Å². The molecule has 0 spiro atoms. The van der Waals surface area contributed by atoms with Crippen LogP contribution in [0.15, 0.2) is 11.8 Å². The summed E-state index contributed by atoms with van der Waals surface area (Å²) in [4.78, 5) is 25.0. The van der Waals surface area contributed by atoms with Crippen molar-refractivity contribution in [2.75, 3.05) is 14.1 Å². The number of piperidine rings is 1. The summed E-state index contributed by atoms with van der Waals surface area (Å²) in [5.74, 6) is 0.718. The Morgan fingerprint density at radius 1 is 1.31 bits per heavy atom. The zero-order valence-corrected chi connectivity index (χ0v) is 9.82. The van der Waals surface area contributed by atoms with Gasteiger partial charge in [0.25, 0.3) is 0 Å². The first-order valence-corrected chi connectivity index (χ1v) is 5.76. The van der Waals surface area contributed by atoms with Gasteiger partial charge in [-0.3, -0.25) is 9.59 Å². The van der Waals surface area contributed by atoms with Crippen LogP contribution in [0.1, 0.15) is 25.7 Å². The molecule has 2 aliphatic rings. The maximum Gasteiger partial charge on any atom is 0.220 e. The zero-order valence-electron chi connectivity index (χ0n) is 9.82. The van der Waals surface area contributed by atoms with Crippen molar-refractivity contribution in [3.63, 3.8) is 0 Å². The largest absolute Gasteiger partial charge is 0.383 e. The number of amides is 1. The van der Waals surface area contributed by atoms with Gasteiger partial charge in [0.1, 0.15) is 0 Å². The Morgan fingerprint density at radius 3 is 2.75 bits per heavy atom. The third-order valence-electron chi connectivity index (χ3n) is 3.32. The highest BCUT2D eigenvalue weighted by Crippen LogP contribution is 2.31. The van der Waals surface area contributed by atoms with E-state index in [1.165, 1.54) is 0 Å². The molecule has 1 saturated carbocycles. The van der Waals surface area contributed by atoms with Crippen molar-refractivity contribution in [2.24, 2.45) is 5.92 Å². The topological polar surface area (TPSA) is 49.4 Å². The highest BCUT2D eigenvalue weighted by atomic mass is 16.2. The number of fused-ring (bicyclic) bond motifs is 1. The molecule has 4 nitrogen and oxygen atoms in total. The van der Waals surface area contributed by atoms with Crippen LogP contribution in [0.3, 0.4) is 0 Å². The molecule has 0 aromatic heterocycles. The van der Waals surface area contributed by atoms with Gasteiger partial charge in [-0.05, 0) is 18.8 Å². The quantitative estimate of drug-likeness (QED) is 0.664. The van der Waals surface area contributed by atoms with Crippen LogP contribution in [0.5, 0.6) is 0 Å². The number of hydrogen-bond donors (Lipinski definition) is 1. The van der Waals surface area contributed by atoms with Gasteiger partial charge in [-0.25, -0.2) is 0 Å². The molecule has 2 fully saturated rings. The number of carbonyl (C=O) groups excluding carboxylic acids is 2. The highest BCUT2D eigenvalue weighted by Gasteiger charge is 2.36. The molecule has 1 heterocycles. The molecular formula is C12H18N2O2. The third-order valence-corrected chi connectivity index (χ3v) is 3.32. The van der Waals surface area contributed by atoms with E-state index in [4.69, 9.17) is 0 Å². The summed E-state index contributed by atoms with van der Waals surface area (Å²) >= 11 is 0. The maximum atomic E-state index is 11.9. The van der Waals surface area contributed by atoms with Crippen molar-refractivity contribution in [1.82, 2.24) is 10.2 Å². The van der Waals surface area contributed by atoms with Crippen LogP contribution in [0.4, 0.5) is 0 Å². The van der Waals surface area contributed by atoms with Gasteiger partial charge in [0.2, 0.25) is 5.91 Å². The highest BCUT2D eigenvalue weighted by molar-refractivity contribution is 5.96. The van der Waals surface area contributed by atoms with E-state index < -0.39 is 0 Å². The van der Waals surface area contributed by atoms with Gasteiger partial charge in [-0.1, -0.05) is 0 Å². The van der Waals surface area contributed by atoms with Crippen LogP contribution in [0.25, 0.3) is 0 Å². The van der Waals surface area contributed by atoms with Gasteiger partial charge in [-0.2, -0.15) is 0 Å². The number of rotatable bonds is 1. The number of hydrogen-bond acceptors (Lipinski definition) is 3. The minimum atomic E-state index is 0.125. The Hall–Kier alpha value is -1.32. The van der Waals surface area contributed by atoms with Crippen LogP contribution in [0, 0.1) is 5.92 Å². The summed E-state index contributed by atoms with van der Waals surface area (Å²) in [5, 5.41) is 2.99. The molecule has 1 aliphatic carbocycles. The number of nitrogens with one attached hydrogen (secondary N) is 1. The fraction of sp³-hybridized carbons (Fsp3) is 0.667. The van der Waals surface area contributed by atoms with Crippen molar-refractivity contribution < 1.29 is 9.59 Å². The Balaban J connectivity index is 2.11. The van der Waals surface area contributed by atoms with Crippen molar-refractivity contribution in [3.8, 4) is 0 Å². The minimum absolute atomic E-state index is 0.125. The first kappa shape index (κ1) is 11.2. The lowest BCUT2D eigenvalue weighted by Crippen LogP contribution is -2.48. The summed E-state index contributed by atoms with van der Waals surface area (Å²) in [5.41, 5.74) is 0.841. The van der Waals surface area contributed by atoms with E-state index in [2.05, 4.69) is 5.32 Å². The van der Waals surface area contributed by atoms with Crippen molar-refractivity contribution in [1.29, 1.82) is 0 Å². The number of carbonyl (C=O) groups is 2. The van der Waals surface area contributed by atoms with Gasteiger partial charge in [-0.15, -0.1) is 0 Å². The molecule has 0 aromatic rings. The Kier molecular flexibility index (Phi) is 2.99. The van der Waals surface area contributed by atoms with Gasteiger partial charge < -0.3 is 10.2 Å². The molecule has 1 saturated heterocycles. The second-order valence-corrected chi connectivity index (χ2v) is 4.92. The second kappa shape index (κ2) is 4.28. The average Bonchev–Trinajstić information content (AvgIpc) is 2.19. The normalized spacial score (nSPS) is 32.2. The van der Waals surface area contributed by atoms with E-state index in [1.54, 1.807) is 0 Å². The summed E-state index contributed by atoms with van der Waals surface area (Å²) in [7, 11) is 3.82. The molecule has 2 rings (SSSR count). The molecule has 1 aliphatic heterocycles. The lowest BCUT2D eigenvalue weighted by molar-refractivity contribution is -0.127. The third kappa shape index (κ3) is 2.26. The smallest absolute Gasteiger partial charge is 0.220 e. The Labute approximate surface area is 95.7 Å². The molecular weight excluding hydrogens is 204 g/mol. The Morgan fingerprint density at radius 2 is 2.06 bits per heavy atom. The number of ketones is 1. The first-order valence-electron chi connectivity index (χ1n) is 5.76. The maximum absolute atomic E-state index is 11.9. The monoisotopic (exact) mass is 222 g/mol. The fourth-order valence-corrected chi connectivity index (χ4v) is 2.53. The first-order chi connectivity index (χ1) is 7.56. The zero-order chi connectivity index (χ0) is 11.7. The lowest BCUT2D eigenvalue weighted by atomic mass is 9.76. The second-order valence-electron chi connectivity index (χ2n) is 4.92. The molecule has 16 heavy (non-hydrogen) atoms. The number of nitrogens with zero attached hydrogens (tertiary/aromatic N) is 1. The molecule has 0 aromatic carbocycles. The van der Waals surface area contributed by atoms with E-state index in [0.717, 1.165) is 12.0 Å². The van der Waals surface area contributed by atoms with E-state index >= 15 is 0 Å². The SMILES string of the molecule is CN(C)C=C1C[C@H]2NC(=O)CC[C@@H]2CC1=O. The predicted octanol–water partition coefficient (Wildman–Crippen LogP) is 0.690. The molecule has 4 heteroatoms. The van der Waals surface area contributed by atoms with E-state index in [9.17, 15) is 9.59 Å². The van der Waals surface area contributed by atoms with Gasteiger partial charge in [0.05, 0.1) is 0 Å². The fourth-order valence-electron chi connectivity index (χ4n) is 2.53. The van der Waals surface area contributed by atoms with Gasteiger partial charge >= 0.3 is 0 Å². The summed E-state index contributed by atoms with van der Waals surface area (Å²) in [6.07, 6.45) is 4.58. The Bertz CT molecular complexity index is 347. The summed E-state index contributed by atoms with van der Waals surface area (Å²) in [6, 6.07) is 0.171. The predicted molar refractivity (Wildman–Crippen MR) is 60.7 cm³/mol. The molecule has 2 atom stereocenters. The van der Waals surface area contributed by atoms with Crippen LogP contribution < -0.4 is 5.32 Å². The van der Waals surface area contributed by atoms with Crippen LogP contribution >= 0.6 is 0 Å². The van der Waals surface area contributed by atoms with E-state index in [-0.39, 0.29) is 17.7 Å². The standard InChI is InChI=1S/C12H18N2O2/c1-14(2)7-9-5-10-8(6-11(9)15)3-4-12(16)13-10/h7-8,10H,3-6H2,1-2H3,(H,13,16)/t8-,10-/m1/s1. The average molecular weight is 222 g/mol. The van der Waals surface area contributed by atoms with Crippen molar-refractivity contribution in [3.05, 3.63) is 11.8 Å². The molecule has 88 valence electrons. The summed E-state index contributed by atoms with van der Waals surface area (Å²) < 4.78 is 0. The molecule has 0 radical (unpaired) electrons. The van der Waals surface area contributed by atoms with Crippen LogP contribution in [-0.4, -0.2) is 36.7 Å². The molecule has 1 amide bonds. The molecule has 0 bridgehead atoms. The van der Waals surface area contributed by atoms with E-state index in [1.807, 2.05) is 25.2 Å². The van der Waals surface area contributed by atoms with Crippen molar-refractivity contribution in [2.45, 2.75) is 31.7 Å². The molecule has 1 N–H and O–H groups in total. The lowest BCUT2D eigenvalue weighted by Gasteiger charge is -2.36. The van der Waals surface area contributed by atoms with Crippen LogP contribution in [-0.2, 0) is 9.59 Å². The molecule has 0 unspecified atom stereocenters. The van der Waals surface area contributed by atoms with E-state index in [0.29, 0.717) is 25.2 Å².